The molecule has 0 amide bonds. The number of hydrogen-bond donors (Lipinski definition) is 1. The Labute approximate surface area is 542 Å². The second-order valence-electron chi connectivity index (χ2n) is 22.8. The maximum atomic E-state index is 12.4. The third kappa shape index (κ3) is 73.0. The summed E-state index contributed by atoms with van der Waals surface area (Å²) in [5, 5.41) is 9.70. The molecule has 0 aromatic carbocycles. The summed E-state index contributed by atoms with van der Waals surface area (Å²) in [4.78, 5) is 24.7. The summed E-state index contributed by atoms with van der Waals surface area (Å²) in [6.45, 7) is 3.89. The topological polar surface area (TPSA) is 72.8 Å². The molecule has 0 aromatic rings. The average Bonchev–Trinajstić information content (AvgIpc) is 3.54. The van der Waals surface area contributed by atoms with Crippen molar-refractivity contribution in [3.05, 3.63) is 207 Å². The van der Waals surface area contributed by atoms with Gasteiger partial charge in [-0.05, 0) is 148 Å². The largest absolute Gasteiger partial charge is 0.462 e. The molecule has 0 saturated heterocycles. The van der Waals surface area contributed by atoms with Crippen LogP contribution in [0.15, 0.2) is 207 Å². The molecule has 0 aliphatic heterocycles. The highest BCUT2D eigenvalue weighted by molar-refractivity contribution is 5.70. The van der Waals surface area contributed by atoms with E-state index in [1.807, 2.05) is 0 Å². The lowest BCUT2D eigenvalue weighted by Crippen LogP contribution is -2.28. The van der Waals surface area contributed by atoms with Crippen LogP contribution in [0.3, 0.4) is 0 Å². The molecular weight excluding hydrogens is 1080 g/mol. The average molecular weight is 1210 g/mol. The Morgan fingerprint density at radius 3 is 0.682 bits per heavy atom. The van der Waals surface area contributed by atoms with Crippen molar-refractivity contribution in [2.75, 3.05) is 13.2 Å². The summed E-state index contributed by atoms with van der Waals surface area (Å²) in [7, 11) is 0. The highest BCUT2D eigenvalue weighted by Gasteiger charge is 2.16. The zero-order chi connectivity index (χ0) is 63.3. The van der Waals surface area contributed by atoms with Crippen LogP contribution in [0.1, 0.15) is 284 Å². The van der Waals surface area contributed by atoms with Crippen LogP contribution in [0.5, 0.6) is 0 Å². The van der Waals surface area contributed by atoms with Crippen LogP contribution in [0, 0.1) is 0 Å². The summed E-state index contributed by atoms with van der Waals surface area (Å²) >= 11 is 0. The maximum Gasteiger partial charge on any atom is 0.306 e. The predicted octanol–water partition coefficient (Wildman–Crippen LogP) is 25.3. The number of ether oxygens (including phenoxy) is 2. The van der Waals surface area contributed by atoms with Crippen molar-refractivity contribution < 1.29 is 24.2 Å². The van der Waals surface area contributed by atoms with Gasteiger partial charge >= 0.3 is 11.9 Å². The first kappa shape index (κ1) is 82.5. The van der Waals surface area contributed by atoms with E-state index in [4.69, 9.17) is 9.47 Å². The molecule has 5 nitrogen and oxygen atoms in total. The molecule has 1 unspecified atom stereocenters. The molecule has 0 heterocycles. The van der Waals surface area contributed by atoms with E-state index in [0.29, 0.717) is 12.8 Å². The number of rotatable bonds is 63. The lowest BCUT2D eigenvalue weighted by molar-refractivity contribution is -0.161. The third-order valence-electron chi connectivity index (χ3n) is 14.6. The molecule has 1 N–H and O–H groups in total. The van der Waals surface area contributed by atoms with E-state index in [1.165, 1.54) is 96.3 Å². The number of aliphatic hydroxyl groups excluding tert-OH is 1. The van der Waals surface area contributed by atoms with Gasteiger partial charge in [0.2, 0.25) is 0 Å². The van der Waals surface area contributed by atoms with Gasteiger partial charge in [0.1, 0.15) is 6.61 Å². The van der Waals surface area contributed by atoms with Gasteiger partial charge in [0.15, 0.2) is 6.10 Å². The van der Waals surface area contributed by atoms with Crippen LogP contribution in [-0.4, -0.2) is 36.4 Å². The fourth-order valence-corrected chi connectivity index (χ4v) is 9.33. The van der Waals surface area contributed by atoms with Gasteiger partial charge in [0.05, 0.1) is 6.61 Å². The Morgan fingerprint density at radius 2 is 0.455 bits per heavy atom. The van der Waals surface area contributed by atoms with Gasteiger partial charge in [-0.3, -0.25) is 9.59 Å². The van der Waals surface area contributed by atoms with E-state index in [9.17, 15) is 14.7 Å². The highest BCUT2D eigenvalue weighted by atomic mass is 16.6. The van der Waals surface area contributed by atoms with Crippen LogP contribution < -0.4 is 0 Å². The number of unbranched alkanes of at least 4 members (excludes halogenated alkanes) is 21. The first-order valence-electron chi connectivity index (χ1n) is 35.6. The number of carbonyl (C=O) groups is 2. The van der Waals surface area contributed by atoms with E-state index in [2.05, 4.69) is 220 Å². The molecule has 0 radical (unpaired) electrons. The van der Waals surface area contributed by atoms with Crippen molar-refractivity contribution >= 4 is 11.9 Å². The van der Waals surface area contributed by atoms with Crippen LogP contribution >= 0.6 is 0 Å². The normalized spacial score (nSPS) is 13.5. The minimum Gasteiger partial charge on any atom is -0.462 e. The Balaban J connectivity index is 3.59. The Kier molecular flexibility index (Phi) is 71.0. The lowest BCUT2D eigenvalue weighted by atomic mass is 10.0. The van der Waals surface area contributed by atoms with Gasteiger partial charge in [-0.1, -0.05) is 330 Å². The summed E-state index contributed by atoms with van der Waals surface area (Å²) in [5.74, 6) is -0.627. The lowest BCUT2D eigenvalue weighted by Gasteiger charge is -2.15. The number of aliphatic hydroxyl groups is 1. The monoisotopic (exact) mass is 1210 g/mol. The molecule has 492 valence electrons. The molecular formula is C83H130O5. The molecule has 0 spiro atoms. The van der Waals surface area contributed by atoms with Gasteiger partial charge in [-0.25, -0.2) is 0 Å². The third-order valence-corrected chi connectivity index (χ3v) is 14.6. The number of allylic oxidation sites excluding steroid dienone is 34. The fraction of sp³-hybridized carbons (Fsp3) is 0.566. The smallest absolute Gasteiger partial charge is 0.306 e. The Hall–Kier alpha value is -5.52. The van der Waals surface area contributed by atoms with E-state index in [-0.39, 0.29) is 25.2 Å². The summed E-state index contributed by atoms with van der Waals surface area (Å²) < 4.78 is 10.7. The molecule has 0 fully saturated rings. The number of hydrogen-bond acceptors (Lipinski definition) is 5. The molecule has 0 aromatic heterocycles. The van der Waals surface area contributed by atoms with Crippen molar-refractivity contribution in [3.63, 3.8) is 0 Å². The van der Waals surface area contributed by atoms with Crippen LogP contribution in [0.2, 0.25) is 0 Å². The van der Waals surface area contributed by atoms with Crippen molar-refractivity contribution in [2.45, 2.75) is 290 Å². The van der Waals surface area contributed by atoms with Gasteiger partial charge in [-0.15, -0.1) is 0 Å². The second kappa shape index (κ2) is 75.7. The molecule has 0 aliphatic rings. The number of carbonyl (C=O) groups excluding carboxylic acids is 2. The predicted molar refractivity (Wildman–Crippen MR) is 389 cm³/mol. The standard InChI is InChI=1S/C83H130O5/c1-3-5-7-9-11-13-15-17-19-21-23-25-27-29-31-33-35-37-39-40-41-42-44-45-47-49-51-53-55-57-59-61-63-65-67-69-71-73-75-77-82(85)87-80-81(79-84)88-83(86)78-76-74-72-70-68-66-64-62-60-58-56-54-52-50-48-46-43-38-36-34-32-30-28-26-24-22-20-18-16-14-12-10-8-6-4-2/h5-8,11-14,17-20,23-26,29-32,35-38,40-41,46,48,52,54,58,60,64,66,81,84H,3-4,9-10,15-16,21-22,27-28,33-34,39,42-45,47,49-51,53,55-57,59,61-63,65,67-80H2,1-2H3/b7-5-,8-6-,13-11-,14-12-,19-17-,20-18-,25-23-,26-24-,31-29-,32-30-,37-35-,38-36-,41-40-,48-46-,54-52-,60-58-,66-64-. The maximum absolute atomic E-state index is 12.4. The van der Waals surface area contributed by atoms with Crippen molar-refractivity contribution in [2.24, 2.45) is 0 Å². The molecule has 0 bridgehead atoms. The zero-order valence-electron chi connectivity index (χ0n) is 56.4. The first-order chi connectivity index (χ1) is 43.6. The van der Waals surface area contributed by atoms with Crippen LogP contribution in [0.25, 0.3) is 0 Å². The highest BCUT2D eigenvalue weighted by Crippen LogP contribution is 2.16. The van der Waals surface area contributed by atoms with E-state index < -0.39 is 6.10 Å². The second-order valence-corrected chi connectivity index (χ2v) is 22.8. The van der Waals surface area contributed by atoms with Gasteiger partial charge in [-0.2, -0.15) is 0 Å². The quantitative estimate of drug-likeness (QED) is 0.0373. The van der Waals surface area contributed by atoms with E-state index in [1.54, 1.807) is 0 Å². The van der Waals surface area contributed by atoms with Gasteiger partial charge in [0, 0.05) is 12.8 Å². The minimum atomic E-state index is -0.802. The minimum absolute atomic E-state index is 0.0873. The zero-order valence-corrected chi connectivity index (χ0v) is 56.4. The van der Waals surface area contributed by atoms with Crippen LogP contribution in [-0.2, 0) is 19.1 Å². The molecule has 1 atom stereocenters. The summed E-state index contributed by atoms with van der Waals surface area (Å²) in [5.41, 5.74) is 0. The fourth-order valence-electron chi connectivity index (χ4n) is 9.33. The Morgan fingerprint density at radius 1 is 0.261 bits per heavy atom. The summed E-state index contributed by atoms with van der Waals surface area (Å²) in [6.07, 6.45) is 121. The van der Waals surface area contributed by atoms with Crippen LogP contribution in [0.4, 0.5) is 0 Å². The first-order valence-corrected chi connectivity index (χ1v) is 35.6. The number of esters is 2. The van der Waals surface area contributed by atoms with Gasteiger partial charge < -0.3 is 14.6 Å². The molecule has 0 rings (SSSR count). The van der Waals surface area contributed by atoms with E-state index in [0.717, 1.165) is 161 Å². The van der Waals surface area contributed by atoms with E-state index >= 15 is 0 Å². The summed E-state index contributed by atoms with van der Waals surface area (Å²) in [6, 6.07) is 0. The molecule has 88 heavy (non-hydrogen) atoms. The molecule has 0 saturated carbocycles. The van der Waals surface area contributed by atoms with Crippen molar-refractivity contribution in [3.8, 4) is 0 Å². The van der Waals surface area contributed by atoms with Gasteiger partial charge in [0.25, 0.3) is 0 Å². The molecule has 0 aliphatic carbocycles. The van der Waals surface area contributed by atoms with Crippen molar-refractivity contribution in [1.82, 2.24) is 0 Å². The SMILES string of the molecule is CC/C=C\C/C=C\C/C=C\C/C=C\C/C=C\C/C=C\C/C=C\C/C=C\C/C=C\C/C=C\CCCCCCC(=O)OC(CO)COC(=O)CCCCCCCCCCCCCCCCCCC/C=C\C/C=C\C/C=C\C/C=C\C/C=C\C/C=C\C/C=C\CC. The van der Waals surface area contributed by atoms with Crippen molar-refractivity contribution in [1.29, 1.82) is 0 Å². The molecule has 5 heteroatoms. The Bertz CT molecular complexity index is 2050.